The van der Waals surface area contributed by atoms with Gasteiger partial charge in [0.25, 0.3) is 0 Å². The second kappa shape index (κ2) is 9.32. The molecule has 2 N–H and O–H groups in total. The van der Waals surface area contributed by atoms with Crippen LogP contribution in [0, 0.1) is 5.41 Å². The minimum atomic E-state index is -0.951. The van der Waals surface area contributed by atoms with E-state index in [9.17, 15) is 9.59 Å². The summed E-state index contributed by atoms with van der Waals surface area (Å²) in [6.45, 7) is 5.34. The van der Waals surface area contributed by atoms with Crippen LogP contribution in [0.4, 0.5) is 4.79 Å². The highest BCUT2D eigenvalue weighted by Gasteiger charge is 2.28. The number of esters is 1. The van der Waals surface area contributed by atoms with E-state index in [0.29, 0.717) is 0 Å². The molecular weight excluding hydrogens is 328 g/mol. The third-order valence-electron chi connectivity index (χ3n) is 2.83. The van der Waals surface area contributed by atoms with Crippen molar-refractivity contribution >= 4 is 28.9 Å². The second-order valence-corrected chi connectivity index (χ2v) is 7.02. The Morgan fingerprint density at radius 2 is 1.88 bits per heavy atom. The molecule has 1 amide bonds. The number of hydrogen-bond acceptors (Lipinski definition) is 6. The summed E-state index contributed by atoms with van der Waals surface area (Å²) < 4.78 is 10.4. The molecule has 0 aliphatic carbocycles. The van der Waals surface area contributed by atoms with Crippen LogP contribution < -0.4 is 5.32 Å². The highest BCUT2D eigenvalue weighted by Crippen LogP contribution is 2.12. The van der Waals surface area contributed by atoms with Crippen LogP contribution in [0.15, 0.2) is 30.3 Å². The van der Waals surface area contributed by atoms with Crippen molar-refractivity contribution in [1.82, 2.24) is 5.32 Å². The van der Waals surface area contributed by atoms with Crippen LogP contribution in [0.5, 0.6) is 0 Å². The SMILES string of the molecule is CSC(=N)C[C@H](NC(=O)OCc1ccccc1)C(=O)OC(C)(C)C. The summed E-state index contributed by atoms with van der Waals surface area (Å²) in [6, 6.07) is 8.28. The largest absolute Gasteiger partial charge is 0.458 e. The molecule has 7 heteroatoms. The van der Waals surface area contributed by atoms with Crippen molar-refractivity contribution in [1.29, 1.82) is 5.41 Å². The lowest BCUT2D eigenvalue weighted by Crippen LogP contribution is -2.45. The Kier molecular flexibility index (Phi) is 7.78. The van der Waals surface area contributed by atoms with Gasteiger partial charge in [-0.3, -0.25) is 5.41 Å². The molecule has 1 aromatic rings. The van der Waals surface area contributed by atoms with Gasteiger partial charge >= 0.3 is 12.1 Å². The first-order chi connectivity index (χ1) is 11.2. The number of ether oxygens (including phenoxy) is 2. The molecule has 0 aliphatic rings. The minimum absolute atomic E-state index is 0.0660. The minimum Gasteiger partial charge on any atom is -0.458 e. The molecule has 0 spiro atoms. The van der Waals surface area contributed by atoms with Crippen LogP contribution in [0.25, 0.3) is 0 Å². The molecule has 0 unspecified atom stereocenters. The monoisotopic (exact) mass is 352 g/mol. The van der Waals surface area contributed by atoms with Gasteiger partial charge in [0.1, 0.15) is 18.2 Å². The average Bonchev–Trinajstić information content (AvgIpc) is 2.51. The van der Waals surface area contributed by atoms with Gasteiger partial charge in [-0.1, -0.05) is 30.3 Å². The third kappa shape index (κ3) is 8.01. The predicted octanol–water partition coefficient (Wildman–Crippen LogP) is 3.35. The summed E-state index contributed by atoms with van der Waals surface area (Å²) in [5, 5.41) is 10.5. The van der Waals surface area contributed by atoms with E-state index in [1.54, 1.807) is 27.0 Å². The molecule has 6 nitrogen and oxygen atoms in total. The van der Waals surface area contributed by atoms with E-state index in [1.807, 2.05) is 30.3 Å². The van der Waals surface area contributed by atoms with Crippen molar-refractivity contribution in [2.45, 2.75) is 45.4 Å². The number of carbonyl (C=O) groups is 2. The standard InChI is InChI=1S/C17H24N2O4S/c1-17(2,3)23-15(20)13(10-14(18)24-4)19-16(21)22-11-12-8-6-5-7-9-12/h5-9,13,18H,10-11H2,1-4H3,(H,19,21)/t13-/m0/s1. The van der Waals surface area contributed by atoms with Gasteiger partial charge in [-0.2, -0.15) is 0 Å². The highest BCUT2D eigenvalue weighted by molar-refractivity contribution is 8.13. The highest BCUT2D eigenvalue weighted by atomic mass is 32.2. The maximum absolute atomic E-state index is 12.2. The van der Waals surface area contributed by atoms with Crippen molar-refractivity contribution in [3.63, 3.8) is 0 Å². The molecule has 132 valence electrons. The molecular formula is C17H24N2O4S. The average molecular weight is 352 g/mol. The maximum atomic E-state index is 12.2. The number of carbonyl (C=O) groups excluding carboxylic acids is 2. The number of benzene rings is 1. The van der Waals surface area contributed by atoms with Gasteiger partial charge in [0, 0.05) is 6.42 Å². The molecule has 0 aliphatic heterocycles. The Labute approximate surface area is 146 Å². The van der Waals surface area contributed by atoms with Crippen molar-refractivity contribution in [3.8, 4) is 0 Å². The Morgan fingerprint density at radius 3 is 2.42 bits per heavy atom. The molecule has 1 rings (SSSR count). The van der Waals surface area contributed by atoms with Crippen molar-refractivity contribution < 1.29 is 19.1 Å². The Hall–Kier alpha value is -2.02. The lowest BCUT2D eigenvalue weighted by molar-refractivity contribution is -0.157. The molecule has 0 bridgehead atoms. The van der Waals surface area contributed by atoms with E-state index in [0.717, 1.165) is 5.56 Å². The fraction of sp³-hybridized carbons (Fsp3) is 0.471. The number of hydrogen-bond donors (Lipinski definition) is 2. The number of nitrogens with one attached hydrogen (secondary N) is 2. The quantitative estimate of drug-likeness (QED) is 0.466. The topological polar surface area (TPSA) is 88.5 Å². The Balaban J connectivity index is 2.64. The van der Waals surface area contributed by atoms with Gasteiger partial charge in [-0.25, -0.2) is 9.59 Å². The second-order valence-electron chi connectivity index (χ2n) is 6.12. The van der Waals surface area contributed by atoms with Crippen LogP contribution >= 0.6 is 11.8 Å². The maximum Gasteiger partial charge on any atom is 0.408 e. The van der Waals surface area contributed by atoms with Crippen LogP contribution in [0.3, 0.4) is 0 Å². The first-order valence-electron chi connectivity index (χ1n) is 7.53. The molecule has 0 aromatic heterocycles. The number of amides is 1. The molecule has 0 radical (unpaired) electrons. The number of alkyl carbamates (subject to hydrolysis) is 1. The van der Waals surface area contributed by atoms with Crippen LogP contribution in [0.1, 0.15) is 32.8 Å². The van der Waals surface area contributed by atoms with E-state index in [4.69, 9.17) is 14.9 Å². The predicted molar refractivity (Wildman–Crippen MR) is 95.3 cm³/mol. The van der Waals surface area contributed by atoms with Crippen molar-refractivity contribution in [3.05, 3.63) is 35.9 Å². The van der Waals surface area contributed by atoms with Gasteiger partial charge in [-0.15, -0.1) is 11.8 Å². The molecule has 1 atom stereocenters. The zero-order chi connectivity index (χ0) is 18.2. The van der Waals surface area contributed by atoms with E-state index in [2.05, 4.69) is 5.32 Å². The van der Waals surface area contributed by atoms with Gasteiger partial charge in [0.2, 0.25) is 0 Å². The van der Waals surface area contributed by atoms with E-state index in [-0.39, 0.29) is 18.1 Å². The number of thioether (sulfide) groups is 1. The molecule has 1 aromatic carbocycles. The molecule has 0 fully saturated rings. The lowest BCUT2D eigenvalue weighted by Gasteiger charge is -2.24. The fourth-order valence-corrected chi connectivity index (χ4v) is 2.08. The smallest absolute Gasteiger partial charge is 0.408 e. The summed E-state index contributed by atoms with van der Waals surface area (Å²) in [7, 11) is 0. The van der Waals surface area contributed by atoms with Gasteiger partial charge in [0.05, 0.1) is 5.04 Å². The van der Waals surface area contributed by atoms with Crippen molar-refractivity contribution in [2.75, 3.05) is 6.26 Å². The Morgan fingerprint density at radius 1 is 1.25 bits per heavy atom. The van der Waals surface area contributed by atoms with Crippen LogP contribution in [0.2, 0.25) is 0 Å². The van der Waals surface area contributed by atoms with Gasteiger partial charge in [0.15, 0.2) is 0 Å². The summed E-state index contributed by atoms with van der Waals surface area (Å²) in [5.41, 5.74) is 0.172. The molecule has 0 saturated heterocycles. The molecule has 0 heterocycles. The molecule has 0 saturated carbocycles. The summed E-state index contributed by atoms with van der Waals surface area (Å²) in [6.07, 6.45) is 1.09. The zero-order valence-electron chi connectivity index (χ0n) is 14.4. The first kappa shape index (κ1) is 20.0. The van der Waals surface area contributed by atoms with Crippen molar-refractivity contribution in [2.24, 2.45) is 0 Å². The number of rotatable bonds is 6. The van der Waals surface area contributed by atoms with Gasteiger partial charge in [-0.05, 0) is 32.6 Å². The first-order valence-corrected chi connectivity index (χ1v) is 8.75. The Bertz CT molecular complexity index is 570. The third-order valence-corrected chi connectivity index (χ3v) is 3.49. The van der Waals surface area contributed by atoms with Crippen LogP contribution in [-0.2, 0) is 20.9 Å². The zero-order valence-corrected chi connectivity index (χ0v) is 15.2. The van der Waals surface area contributed by atoms with Crippen LogP contribution in [-0.4, -0.2) is 35.0 Å². The summed E-state index contributed by atoms with van der Waals surface area (Å²) in [5.74, 6) is -0.585. The van der Waals surface area contributed by atoms with E-state index >= 15 is 0 Å². The fourth-order valence-electron chi connectivity index (χ4n) is 1.74. The normalized spacial score (nSPS) is 12.2. The van der Waals surface area contributed by atoms with E-state index < -0.39 is 23.7 Å². The van der Waals surface area contributed by atoms with Gasteiger partial charge < -0.3 is 14.8 Å². The van der Waals surface area contributed by atoms with E-state index in [1.165, 1.54) is 11.8 Å². The summed E-state index contributed by atoms with van der Waals surface area (Å²) >= 11 is 1.21. The molecule has 24 heavy (non-hydrogen) atoms. The summed E-state index contributed by atoms with van der Waals surface area (Å²) in [4.78, 5) is 24.2. The lowest BCUT2D eigenvalue weighted by atomic mass is 10.1.